The molecule has 0 amide bonds. The summed E-state index contributed by atoms with van der Waals surface area (Å²) < 4.78 is 58.3. The van der Waals surface area contributed by atoms with Crippen molar-refractivity contribution in [3.8, 4) is 0 Å². The molecule has 2 N–H and O–H groups in total. The van der Waals surface area contributed by atoms with Crippen LogP contribution in [-0.4, -0.2) is 32.2 Å². The van der Waals surface area contributed by atoms with Gasteiger partial charge in [0.25, 0.3) is 10.0 Å². The number of rotatable bonds is 7. The summed E-state index contributed by atoms with van der Waals surface area (Å²) in [5.74, 6) is 1.92. The molecule has 4 fully saturated rings. The molecular formula is C21H28N4O4S2. The highest BCUT2D eigenvalue weighted by molar-refractivity contribution is 7.92. The van der Waals surface area contributed by atoms with Gasteiger partial charge in [0.1, 0.15) is 4.90 Å². The standard InChI is InChI=1S/C21H28N4O4S2/c1-2-25-14-20(13-22-25)30(26,27)23-18-3-5-19(6-4-18)31(28,29)24-21-10-15-7-16(11-21)9-17(8-15)12-21/h3-6,13-17,23-24H,2,7-12H2,1H3. The van der Waals surface area contributed by atoms with Crippen LogP contribution in [0.25, 0.3) is 0 Å². The zero-order chi connectivity index (χ0) is 21.9. The first-order valence-electron chi connectivity index (χ1n) is 10.9. The molecule has 4 aliphatic rings. The summed E-state index contributed by atoms with van der Waals surface area (Å²) in [6.07, 6.45) is 9.27. The minimum absolute atomic E-state index is 0.0644. The van der Waals surface area contributed by atoms with Crippen molar-refractivity contribution in [3.63, 3.8) is 0 Å². The maximum Gasteiger partial charge on any atom is 0.265 e. The lowest BCUT2D eigenvalue weighted by atomic mass is 9.53. The van der Waals surface area contributed by atoms with Gasteiger partial charge in [0.15, 0.2) is 0 Å². The number of benzene rings is 1. The summed E-state index contributed by atoms with van der Waals surface area (Å²) in [7, 11) is -7.46. The van der Waals surface area contributed by atoms with Crippen molar-refractivity contribution < 1.29 is 16.8 Å². The van der Waals surface area contributed by atoms with Gasteiger partial charge in [0, 0.05) is 24.0 Å². The third-order valence-electron chi connectivity index (χ3n) is 7.05. The third-order valence-corrected chi connectivity index (χ3v) is 9.98. The number of aryl methyl sites for hydroxylation is 1. The molecule has 0 radical (unpaired) electrons. The third kappa shape index (κ3) is 4.01. The van der Waals surface area contributed by atoms with Gasteiger partial charge < -0.3 is 0 Å². The second-order valence-corrected chi connectivity index (χ2v) is 12.8. The van der Waals surface area contributed by atoms with E-state index in [1.165, 1.54) is 60.6 Å². The average Bonchev–Trinajstić information content (AvgIpc) is 3.16. The van der Waals surface area contributed by atoms with E-state index in [9.17, 15) is 16.8 Å². The molecule has 2 aromatic rings. The molecule has 6 rings (SSSR count). The fourth-order valence-corrected chi connectivity index (χ4v) is 8.60. The molecule has 4 saturated carbocycles. The van der Waals surface area contributed by atoms with Gasteiger partial charge in [-0.1, -0.05) is 0 Å². The van der Waals surface area contributed by atoms with Crippen LogP contribution in [0.4, 0.5) is 5.69 Å². The molecule has 0 unspecified atom stereocenters. The molecule has 0 saturated heterocycles. The lowest BCUT2D eigenvalue weighted by molar-refractivity contribution is -0.00810. The van der Waals surface area contributed by atoms with E-state index in [2.05, 4.69) is 14.5 Å². The smallest absolute Gasteiger partial charge is 0.265 e. The second kappa shape index (κ2) is 7.31. The Kier molecular flexibility index (Phi) is 4.95. The van der Waals surface area contributed by atoms with Crippen LogP contribution in [0.2, 0.25) is 0 Å². The predicted octanol–water partition coefficient (Wildman–Crippen LogP) is 2.95. The zero-order valence-electron chi connectivity index (χ0n) is 17.5. The molecule has 10 heteroatoms. The Morgan fingerprint density at radius 2 is 1.52 bits per heavy atom. The number of nitrogens with zero attached hydrogens (tertiary/aromatic N) is 2. The Morgan fingerprint density at radius 1 is 0.935 bits per heavy atom. The quantitative estimate of drug-likeness (QED) is 0.655. The van der Waals surface area contributed by atoms with Crippen LogP contribution in [0.15, 0.2) is 46.5 Å². The molecule has 0 spiro atoms. The van der Waals surface area contributed by atoms with E-state index in [0.29, 0.717) is 30.0 Å². The molecule has 0 atom stereocenters. The monoisotopic (exact) mass is 464 g/mol. The minimum atomic E-state index is -3.79. The molecule has 1 aromatic heterocycles. The Bertz CT molecular complexity index is 1150. The SMILES string of the molecule is CCn1cc(S(=O)(=O)Nc2ccc(S(=O)(=O)NC34CC5CC(CC(C5)C3)C4)cc2)cn1. The largest absolute Gasteiger partial charge is 0.280 e. The average molecular weight is 465 g/mol. The van der Waals surface area contributed by atoms with Crippen LogP contribution in [0.3, 0.4) is 0 Å². The van der Waals surface area contributed by atoms with Crippen molar-refractivity contribution in [2.75, 3.05) is 4.72 Å². The molecule has 0 aliphatic heterocycles. The fourth-order valence-electron chi connectivity index (χ4n) is 6.15. The van der Waals surface area contributed by atoms with Crippen molar-refractivity contribution >= 4 is 25.7 Å². The first kappa shape index (κ1) is 21.0. The highest BCUT2D eigenvalue weighted by Gasteiger charge is 2.52. The summed E-state index contributed by atoms with van der Waals surface area (Å²) >= 11 is 0. The second-order valence-electron chi connectivity index (χ2n) is 9.46. The van der Waals surface area contributed by atoms with Gasteiger partial charge in [-0.25, -0.2) is 21.6 Å². The molecule has 31 heavy (non-hydrogen) atoms. The maximum absolute atomic E-state index is 13.1. The highest BCUT2D eigenvalue weighted by Crippen LogP contribution is 2.55. The van der Waals surface area contributed by atoms with Crippen LogP contribution in [0, 0.1) is 17.8 Å². The number of sulfonamides is 2. The summed E-state index contributed by atoms with van der Waals surface area (Å²) in [6.45, 7) is 2.44. The Hall–Kier alpha value is -1.91. The highest BCUT2D eigenvalue weighted by atomic mass is 32.2. The van der Waals surface area contributed by atoms with E-state index in [0.717, 1.165) is 19.3 Å². The zero-order valence-corrected chi connectivity index (χ0v) is 19.1. The normalized spacial score (nSPS) is 29.9. The Labute approximate surface area is 183 Å². The molecule has 1 aromatic carbocycles. The van der Waals surface area contributed by atoms with Crippen LogP contribution in [-0.2, 0) is 26.6 Å². The van der Waals surface area contributed by atoms with Gasteiger partial charge in [-0.05, 0) is 87.5 Å². The van der Waals surface area contributed by atoms with Gasteiger partial charge in [-0.15, -0.1) is 0 Å². The first-order valence-corrected chi connectivity index (χ1v) is 13.8. The molecule has 4 bridgehead atoms. The Balaban J connectivity index is 1.31. The fraction of sp³-hybridized carbons (Fsp3) is 0.571. The van der Waals surface area contributed by atoms with Crippen molar-refractivity contribution in [2.45, 2.75) is 67.3 Å². The first-order chi connectivity index (χ1) is 14.7. The van der Waals surface area contributed by atoms with E-state index in [4.69, 9.17) is 0 Å². The topological polar surface area (TPSA) is 110 Å². The predicted molar refractivity (Wildman–Crippen MR) is 116 cm³/mol. The van der Waals surface area contributed by atoms with Gasteiger partial charge in [0.05, 0.1) is 11.1 Å². The maximum atomic E-state index is 13.1. The summed E-state index contributed by atoms with van der Waals surface area (Å²) in [5, 5.41) is 3.99. The Morgan fingerprint density at radius 3 is 2.03 bits per heavy atom. The van der Waals surface area contributed by atoms with E-state index in [1.807, 2.05) is 6.92 Å². The van der Waals surface area contributed by atoms with Crippen molar-refractivity contribution in [2.24, 2.45) is 17.8 Å². The van der Waals surface area contributed by atoms with Gasteiger partial charge in [0.2, 0.25) is 10.0 Å². The van der Waals surface area contributed by atoms with Crippen molar-refractivity contribution in [1.29, 1.82) is 0 Å². The van der Waals surface area contributed by atoms with E-state index in [-0.39, 0.29) is 15.3 Å². The molecule has 1 heterocycles. The number of anilines is 1. The van der Waals surface area contributed by atoms with E-state index in [1.54, 1.807) is 0 Å². The number of hydrogen-bond acceptors (Lipinski definition) is 5. The van der Waals surface area contributed by atoms with Crippen LogP contribution in [0.5, 0.6) is 0 Å². The minimum Gasteiger partial charge on any atom is -0.280 e. The molecular weight excluding hydrogens is 436 g/mol. The van der Waals surface area contributed by atoms with Crippen molar-refractivity contribution in [3.05, 3.63) is 36.7 Å². The number of hydrogen-bond donors (Lipinski definition) is 2. The molecule has 168 valence electrons. The van der Waals surface area contributed by atoms with Gasteiger partial charge in [-0.3, -0.25) is 9.40 Å². The van der Waals surface area contributed by atoms with E-state index < -0.39 is 20.0 Å². The van der Waals surface area contributed by atoms with Crippen LogP contribution < -0.4 is 9.44 Å². The lowest BCUT2D eigenvalue weighted by Crippen LogP contribution is -2.59. The molecule has 4 aliphatic carbocycles. The lowest BCUT2D eigenvalue weighted by Gasteiger charge is -2.56. The van der Waals surface area contributed by atoms with Crippen LogP contribution in [0.1, 0.15) is 45.4 Å². The summed E-state index contributed by atoms with van der Waals surface area (Å²) in [6, 6.07) is 5.87. The number of aromatic nitrogens is 2. The van der Waals surface area contributed by atoms with Crippen molar-refractivity contribution in [1.82, 2.24) is 14.5 Å². The van der Waals surface area contributed by atoms with E-state index >= 15 is 0 Å². The summed E-state index contributed by atoms with van der Waals surface area (Å²) in [4.78, 5) is 0.222. The van der Waals surface area contributed by atoms with Crippen LogP contribution >= 0.6 is 0 Å². The summed E-state index contributed by atoms with van der Waals surface area (Å²) in [5.41, 5.74) is -0.00852. The molecule has 8 nitrogen and oxygen atoms in total. The number of nitrogens with one attached hydrogen (secondary N) is 2. The van der Waals surface area contributed by atoms with Gasteiger partial charge in [-0.2, -0.15) is 5.10 Å². The van der Waals surface area contributed by atoms with Gasteiger partial charge >= 0.3 is 0 Å².